The lowest BCUT2D eigenvalue weighted by atomic mass is 10.0. The minimum absolute atomic E-state index is 0.742. The van der Waals surface area contributed by atoms with E-state index in [1.165, 1.54) is 25.7 Å². The Kier molecular flexibility index (Phi) is 9.94. The van der Waals surface area contributed by atoms with E-state index in [0.29, 0.717) is 0 Å². The van der Waals surface area contributed by atoms with Crippen LogP contribution in [0.2, 0.25) is 0 Å². The molecule has 0 unspecified atom stereocenters. The van der Waals surface area contributed by atoms with E-state index in [1.54, 1.807) is 0 Å². The standard InChI is InChI=1S/C11H25NO/c1-3-5-7-11(4-2)10-13-9-6-8-12/h11H,3-10,12H2,1-2H3/t11-/m0/s1. The first-order chi connectivity index (χ1) is 6.35. The number of rotatable bonds is 9. The highest BCUT2D eigenvalue weighted by molar-refractivity contribution is 4.55. The lowest BCUT2D eigenvalue weighted by molar-refractivity contribution is 0.0933. The van der Waals surface area contributed by atoms with Crippen LogP contribution in [0.15, 0.2) is 0 Å². The molecule has 0 aromatic heterocycles. The van der Waals surface area contributed by atoms with Crippen LogP contribution in [-0.4, -0.2) is 19.8 Å². The molecule has 13 heavy (non-hydrogen) atoms. The number of hydrogen-bond donors (Lipinski definition) is 1. The summed E-state index contributed by atoms with van der Waals surface area (Å²) in [5.41, 5.74) is 5.38. The zero-order valence-corrected chi connectivity index (χ0v) is 9.22. The maximum absolute atomic E-state index is 5.54. The second-order valence-electron chi connectivity index (χ2n) is 3.63. The van der Waals surface area contributed by atoms with Crippen molar-refractivity contribution in [2.24, 2.45) is 11.7 Å². The van der Waals surface area contributed by atoms with E-state index in [2.05, 4.69) is 13.8 Å². The quantitative estimate of drug-likeness (QED) is 0.563. The van der Waals surface area contributed by atoms with Crippen LogP contribution in [0, 0.1) is 5.92 Å². The van der Waals surface area contributed by atoms with Gasteiger partial charge in [0.2, 0.25) is 0 Å². The van der Waals surface area contributed by atoms with Gasteiger partial charge in [0.1, 0.15) is 0 Å². The summed E-state index contributed by atoms with van der Waals surface area (Å²) < 4.78 is 5.54. The lowest BCUT2D eigenvalue weighted by Crippen LogP contribution is -2.11. The van der Waals surface area contributed by atoms with Gasteiger partial charge in [-0.25, -0.2) is 0 Å². The Hall–Kier alpha value is -0.0800. The Morgan fingerprint density at radius 1 is 1.23 bits per heavy atom. The van der Waals surface area contributed by atoms with Crippen LogP contribution < -0.4 is 5.73 Å². The molecule has 1 atom stereocenters. The lowest BCUT2D eigenvalue weighted by Gasteiger charge is -2.14. The van der Waals surface area contributed by atoms with E-state index in [4.69, 9.17) is 10.5 Å². The molecule has 2 N–H and O–H groups in total. The second kappa shape index (κ2) is 10.0. The van der Waals surface area contributed by atoms with Gasteiger partial charge in [0.15, 0.2) is 0 Å². The summed E-state index contributed by atoms with van der Waals surface area (Å²) in [6, 6.07) is 0. The van der Waals surface area contributed by atoms with Crippen molar-refractivity contribution in [1.82, 2.24) is 0 Å². The molecule has 0 bridgehead atoms. The first-order valence-electron chi connectivity index (χ1n) is 5.62. The molecular weight excluding hydrogens is 162 g/mol. The molecule has 0 aliphatic rings. The summed E-state index contributed by atoms with van der Waals surface area (Å²) in [4.78, 5) is 0. The highest BCUT2D eigenvalue weighted by Gasteiger charge is 2.04. The molecule has 0 aromatic rings. The van der Waals surface area contributed by atoms with Crippen LogP contribution in [-0.2, 0) is 4.74 Å². The molecule has 0 saturated carbocycles. The summed E-state index contributed by atoms with van der Waals surface area (Å²) in [6.45, 7) is 6.98. The van der Waals surface area contributed by atoms with Crippen molar-refractivity contribution in [3.8, 4) is 0 Å². The predicted molar refractivity (Wildman–Crippen MR) is 57.8 cm³/mol. The molecule has 0 aliphatic carbocycles. The first kappa shape index (κ1) is 12.9. The Labute approximate surface area is 82.8 Å². The van der Waals surface area contributed by atoms with E-state index in [1.807, 2.05) is 0 Å². The smallest absolute Gasteiger partial charge is 0.0494 e. The average Bonchev–Trinajstić information content (AvgIpc) is 2.17. The summed E-state index contributed by atoms with van der Waals surface area (Å²) in [6.07, 6.45) is 6.17. The van der Waals surface area contributed by atoms with Crippen molar-refractivity contribution in [3.63, 3.8) is 0 Å². The van der Waals surface area contributed by atoms with Crippen LogP contribution in [0.4, 0.5) is 0 Å². The first-order valence-corrected chi connectivity index (χ1v) is 5.62. The van der Waals surface area contributed by atoms with Crippen molar-refractivity contribution < 1.29 is 4.74 Å². The van der Waals surface area contributed by atoms with Crippen molar-refractivity contribution in [2.45, 2.75) is 46.0 Å². The molecule has 0 aromatic carbocycles. The van der Waals surface area contributed by atoms with E-state index in [-0.39, 0.29) is 0 Å². The van der Waals surface area contributed by atoms with Crippen LogP contribution in [0.5, 0.6) is 0 Å². The molecule has 80 valence electrons. The van der Waals surface area contributed by atoms with E-state index < -0.39 is 0 Å². The van der Waals surface area contributed by atoms with Gasteiger partial charge in [0.25, 0.3) is 0 Å². The van der Waals surface area contributed by atoms with E-state index in [9.17, 15) is 0 Å². The molecule has 0 fully saturated rings. The molecule has 0 rings (SSSR count). The molecule has 2 nitrogen and oxygen atoms in total. The van der Waals surface area contributed by atoms with Gasteiger partial charge in [-0.15, -0.1) is 0 Å². The van der Waals surface area contributed by atoms with Crippen LogP contribution >= 0.6 is 0 Å². The van der Waals surface area contributed by atoms with Crippen LogP contribution in [0.25, 0.3) is 0 Å². The molecule has 0 amide bonds. The fourth-order valence-electron chi connectivity index (χ4n) is 1.33. The van der Waals surface area contributed by atoms with Gasteiger partial charge in [-0.3, -0.25) is 0 Å². The van der Waals surface area contributed by atoms with Gasteiger partial charge in [0.05, 0.1) is 0 Å². The molecule has 0 aliphatic heterocycles. The van der Waals surface area contributed by atoms with E-state index in [0.717, 1.165) is 32.1 Å². The van der Waals surface area contributed by atoms with Crippen molar-refractivity contribution in [2.75, 3.05) is 19.8 Å². The Morgan fingerprint density at radius 2 is 2.00 bits per heavy atom. The molecule has 0 heterocycles. The van der Waals surface area contributed by atoms with Gasteiger partial charge in [-0.1, -0.05) is 33.1 Å². The Morgan fingerprint density at radius 3 is 2.54 bits per heavy atom. The van der Waals surface area contributed by atoms with Gasteiger partial charge in [0, 0.05) is 13.2 Å². The number of nitrogens with two attached hydrogens (primary N) is 1. The third-order valence-electron chi connectivity index (χ3n) is 2.39. The van der Waals surface area contributed by atoms with Crippen LogP contribution in [0.3, 0.4) is 0 Å². The molecule has 0 saturated heterocycles. The van der Waals surface area contributed by atoms with E-state index >= 15 is 0 Å². The fourth-order valence-corrected chi connectivity index (χ4v) is 1.33. The van der Waals surface area contributed by atoms with Crippen molar-refractivity contribution in [3.05, 3.63) is 0 Å². The van der Waals surface area contributed by atoms with Crippen molar-refractivity contribution in [1.29, 1.82) is 0 Å². The fraction of sp³-hybridized carbons (Fsp3) is 1.00. The zero-order chi connectivity index (χ0) is 9.94. The highest BCUT2D eigenvalue weighted by Crippen LogP contribution is 2.12. The minimum atomic E-state index is 0.742. The second-order valence-corrected chi connectivity index (χ2v) is 3.63. The molecule has 2 heteroatoms. The van der Waals surface area contributed by atoms with Crippen molar-refractivity contribution >= 4 is 0 Å². The summed E-state index contributed by atoms with van der Waals surface area (Å²) in [5, 5.41) is 0. The summed E-state index contributed by atoms with van der Waals surface area (Å²) in [7, 11) is 0. The third kappa shape index (κ3) is 8.26. The number of unbranched alkanes of at least 4 members (excludes halogenated alkanes) is 1. The molecule has 0 radical (unpaired) electrons. The Balaban J connectivity index is 3.25. The minimum Gasteiger partial charge on any atom is -0.381 e. The number of ether oxygens (including phenoxy) is 1. The largest absolute Gasteiger partial charge is 0.381 e. The number of hydrogen-bond acceptors (Lipinski definition) is 2. The maximum atomic E-state index is 5.54. The summed E-state index contributed by atoms with van der Waals surface area (Å²) in [5.74, 6) is 0.762. The normalized spacial score (nSPS) is 13.2. The zero-order valence-electron chi connectivity index (χ0n) is 9.22. The average molecular weight is 187 g/mol. The topological polar surface area (TPSA) is 35.2 Å². The van der Waals surface area contributed by atoms with Gasteiger partial charge in [-0.05, 0) is 25.3 Å². The molecule has 0 spiro atoms. The third-order valence-corrected chi connectivity index (χ3v) is 2.39. The maximum Gasteiger partial charge on any atom is 0.0494 e. The molecular formula is C11H25NO. The van der Waals surface area contributed by atoms with Crippen LogP contribution in [0.1, 0.15) is 46.0 Å². The monoisotopic (exact) mass is 187 g/mol. The van der Waals surface area contributed by atoms with Gasteiger partial charge >= 0.3 is 0 Å². The van der Waals surface area contributed by atoms with Gasteiger partial charge in [-0.2, -0.15) is 0 Å². The SMILES string of the molecule is CCCC[C@H](CC)COCCCN. The predicted octanol–water partition coefficient (Wildman–Crippen LogP) is 2.57. The van der Waals surface area contributed by atoms with Gasteiger partial charge < -0.3 is 10.5 Å². The summed E-state index contributed by atoms with van der Waals surface area (Å²) >= 11 is 0. The highest BCUT2D eigenvalue weighted by atomic mass is 16.5. The Bertz CT molecular complexity index is 96.1.